The maximum absolute atomic E-state index is 5.58. The van der Waals surface area contributed by atoms with Gasteiger partial charge in [0.2, 0.25) is 0 Å². The summed E-state index contributed by atoms with van der Waals surface area (Å²) in [5.41, 5.74) is 5.58. The van der Waals surface area contributed by atoms with Crippen LogP contribution in [0.2, 0.25) is 0 Å². The van der Waals surface area contributed by atoms with E-state index in [1.165, 1.54) is 0 Å². The van der Waals surface area contributed by atoms with Gasteiger partial charge in [0.1, 0.15) is 5.82 Å². The van der Waals surface area contributed by atoms with Gasteiger partial charge < -0.3 is 5.73 Å². The molecule has 0 spiro atoms. The Bertz CT molecular complexity index is 280. The maximum Gasteiger partial charge on any atom is 0.150 e. The minimum Gasteiger partial charge on any atom is -0.330 e. The van der Waals surface area contributed by atoms with Crippen LogP contribution >= 0.6 is 0 Å². The molecule has 0 fully saturated rings. The highest BCUT2D eigenvalue weighted by molar-refractivity contribution is 4.94. The van der Waals surface area contributed by atoms with Gasteiger partial charge in [-0.15, -0.1) is 0 Å². The molecule has 1 aromatic heterocycles. The molecule has 4 nitrogen and oxygen atoms in total. The van der Waals surface area contributed by atoms with E-state index in [9.17, 15) is 0 Å². The topological polar surface area (TPSA) is 56.7 Å². The number of rotatable bonds is 5. The van der Waals surface area contributed by atoms with Gasteiger partial charge in [0.25, 0.3) is 0 Å². The van der Waals surface area contributed by atoms with Gasteiger partial charge in [-0.2, -0.15) is 5.10 Å². The first-order valence-corrected chi connectivity index (χ1v) is 5.26. The third-order valence-electron chi connectivity index (χ3n) is 2.30. The third-order valence-corrected chi connectivity index (χ3v) is 2.30. The van der Waals surface area contributed by atoms with Crippen molar-refractivity contribution in [2.24, 2.45) is 18.7 Å². The fourth-order valence-corrected chi connectivity index (χ4v) is 1.38. The number of nitrogens with zero attached hydrogens (tertiary/aromatic N) is 3. The lowest BCUT2D eigenvalue weighted by molar-refractivity contribution is 0.549. The molecule has 0 saturated carbocycles. The minimum absolute atomic E-state index is 0.479. The van der Waals surface area contributed by atoms with Crippen LogP contribution in [0.3, 0.4) is 0 Å². The second kappa shape index (κ2) is 5.10. The molecule has 0 amide bonds. The van der Waals surface area contributed by atoms with Crippen LogP contribution < -0.4 is 5.73 Å². The SMILES string of the molecule is CCCc1nc(CC(C)CN)n(C)n1. The van der Waals surface area contributed by atoms with E-state index in [4.69, 9.17) is 5.73 Å². The Morgan fingerprint density at radius 2 is 2.21 bits per heavy atom. The first kappa shape index (κ1) is 11.2. The normalized spacial score (nSPS) is 13.1. The maximum atomic E-state index is 5.58. The third kappa shape index (κ3) is 2.80. The molecule has 4 heteroatoms. The van der Waals surface area contributed by atoms with Crippen LogP contribution in [0.1, 0.15) is 31.9 Å². The van der Waals surface area contributed by atoms with Crippen molar-refractivity contribution in [1.29, 1.82) is 0 Å². The van der Waals surface area contributed by atoms with Crippen molar-refractivity contribution in [2.75, 3.05) is 6.54 Å². The van der Waals surface area contributed by atoms with Crippen molar-refractivity contribution in [3.05, 3.63) is 11.6 Å². The number of hydrogen-bond acceptors (Lipinski definition) is 3. The van der Waals surface area contributed by atoms with Crippen molar-refractivity contribution in [3.63, 3.8) is 0 Å². The summed E-state index contributed by atoms with van der Waals surface area (Å²) in [5.74, 6) is 2.48. The van der Waals surface area contributed by atoms with Gasteiger partial charge in [-0.05, 0) is 18.9 Å². The first-order chi connectivity index (χ1) is 6.67. The van der Waals surface area contributed by atoms with Gasteiger partial charge in [-0.1, -0.05) is 13.8 Å². The molecule has 0 radical (unpaired) electrons. The second-order valence-electron chi connectivity index (χ2n) is 3.86. The largest absolute Gasteiger partial charge is 0.330 e. The van der Waals surface area contributed by atoms with Crippen LogP contribution in [-0.4, -0.2) is 21.3 Å². The van der Waals surface area contributed by atoms with Gasteiger partial charge in [0, 0.05) is 19.9 Å². The summed E-state index contributed by atoms with van der Waals surface area (Å²) in [5, 5.41) is 4.35. The van der Waals surface area contributed by atoms with Gasteiger partial charge in [0.05, 0.1) is 0 Å². The summed E-state index contributed by atoms with van der Waals surface area (Å²) in [6, 6.07) is 0. The summed E-state index contributed by atoms with van der Waals surface area (Å²) >= 11 is 0. The first-order valence-electron chi connectivity index (χ1n) is 5.26. The molecule has 0 aromatic carbocycles. The van der Waals surface area contributed by atoms with Gasteiger partial charge in [0.15, 0.2) is 5.82 Å². The zero-order valence-electron chi connectivity index (χ0n) is 9.32. The zero-order valence-corrected chi connectivity index (χ0v) is 9.32. The van der Waals surface area contributed by atoms with Gasteiger partial charge in [-0.3, -0.25) is 4.68 Å². The highest BCUT2D eigenvalue weighted by Gasteiger charge is 2.09. The second-order valence-corrected chi connectivity index (χ2v) is 3.86. The smallest absolute Gasteiger partial charge is 0.150 e. The molecule has 1 heterocycles. The lowest BCUT2D eigenvalue weighted by atomic mass is 10.1. The monoisotopic (exact) mass is 196 g/mol. The molecule has 0 aliphatic rings. The minimum atomic E-state index is 0.479. The van der Waals surface area contributed by atoms with Crippen molar-refractivity contribution in [3.8, 4) is 0 Å². The highest BCUT2D eigenvalue weighted by Crippen LogP contribution is 2.06. The Kier molecular flexibility index (Phi) is 4.07. The summed E-state index contributed by atoms with van der Waals surface area (Å²) < 4.78 is 1.87. The fourth-order valence-electron chi connectivity index (χ4n) is 1.38. The number of hydrogen-bond donors (Lipinski definition) is 1. The van der Waals surface area contributed by atoms with Crippen molar-refractivity contribution in [2.45, 2.75) is 33.1 Å². The zero-order chi connectivity index (χ0) is 10.6. The quantitative estimate of drug-likeness (QED) is 0.761. The average Bonchev–Trinajstić information content (AvgIpc) is 2.47. The van der Waals surface area contributed by atoms with Crippen LogP contribution in [0, 0.1) is 5.92 Å². The Balaban J connectivity index is 2.67. The molecule has 0 aliphatic carbocycles. The number of aromatic nitrogens is 3. The van der Waals surface area contributed by atoms with E-state index in [0.29, 0.717) is 12.5 Å². The van der Waals surface area contributed by atoms with E-state index in [2.05, 4.69) is 23.9 Å². The molecular weight excluding hydrogens is 176 g/mol. The van der Waals surface area contributed by atoms with E-state index < -0.39 is 0 Å². The average molecular weight is 196 g/mol. The Morgan fingerprint density at radius 3 is 2.79 bits per heavy atom. The van der Waals surface area contributed by atoms with Crippen molar-refractivity contribution < 1.29 is 0 Å². The molecule has 2 N–H and O–H groups in total. The lowest BCUT2D eigenvalue weighted by Gasteiger charge is -2.05. The molecule has 80 valence electrons. The number of aryl methyl sites for hydroxylation is 2. The van der Waals surface area contributed by atoms with E-state index >= 15 is 0 Å². The predicted molar refractivity (Wildman–Crippen MR) is 56.9 cm³/mol. The van der Waals surface area contributed by atoms with E-state index in [0.717, 1.165) is 30.9 Å². The van der Waals surface area contributed by atoms with Crippen LogP contribution in [-0.2, 0) is 19.9 Å². The molecule has 1 atom stereocenters. The molecule has 0 aliphatic heterocycles. The Labute approximate surface area is 85.5 Å². The molecule has 1 aromatic rings. The molecule has 1 unspecified atom stereocenters. The fraction of sp³-hybridized carbons (Fsp3) is 0.800. The Morgan fingerprint density at radius 1 is 1.50 bits per heavy atom. The van der Waals surface area contributed by atoms with Gasteiger partial charge >= 0.3 is 0 Å². The summed E-state index contributed by atoms with van der Waals surface area (Å²) in [6.45, 7) is 4.97. The highest BCUT2D eigenvalue weighted by atomic mass is 15.3. The van der Waals surface area contributed by atoms with Crippen LogP contribution in [0.15, 0.2) is 0 Å². The predicted octanol–water partition coefficient (Wildman–Crippen LogP) is 0.905. The summed E-state index contributed by atoms with van der Waals surface area (Å²) in [6.07, 6.45) is 2.98. The van der Waals surface area contributed by atoms with E-state index in [-0.39, 0.29) is 0 Å². The summed E-state index contributed by atoms with van der Waals surface area (Å²) in [4.78, 5) is 4.48. The lowest BCUT2D eigenvalue weighted by Crippen LogP contribution is -2.15. The molecule has 1 rings (SSSR count). The van der Waals surface area contributed by atoms with Crippen molar-refractivity contribution >= 4 is 0 Å². The van der Waals surface area contributed by atoms with E-state index in [1.54, 1.807) is 0 Å². The van der Waals surface area contributed by atoms with E-state index in [1.807, 2.05) is 11.7 Å². The molecule has 0 bridgehead atoms. The Hall–Kier alpha value is -0.900. The summed E-state index contributed by atoms with van der Waals surface area (Å²) in [7, 11) is 1.95. The van der Waals surface area contributed by atoms with Gasteiger partial charge in [-0.25, -0.2) is 4.98 Å². The van der Waals surface area contributed by atoms with Crippen LogP contribution in [0.5, 0.6) is 0 Å². The number of nitrogens with two attached hydrogens (primary N) is 1. The molecule has 0 saturated heterocycles. The standard InChI is InChI=1S/C10H20N4/c1-4-5-9-12-10(14(3)13-9)6-8(2)7-11/h8H,4-7,11H2,1-3H3. The molecular formula is C10H20N4. The van der Waals surface area contributed by atoms with Crippen molar-refractivity contribution in [1.82, 2.24) is 14.8 Å². The van der Waals surface area contributed by atoms with Crippen LogP contribution in [0.25, 0.3) is 0 Å². The molecule has 14 heavy (non-hydrogen) atoms. The van der Waals surface area contributed by atoms with Crippen LogP contribution in [0.4, 0.5) is 0 Å².